The smallest absolute Gasteiger partial charge is 0.254 e. The molecule has 0 spiro atoms. The SMILES string of the molecule is CC(=O)c1ccc(C(=O)N2CCNCC2c2ccccc2Cl)cc1. The van der Waals surface area contributed by atoms with Crippen LogP contribution in [0, 0.1) is 0 Å². The highest BCUT2D eigenvalue weighted by atomic mass is 35.5. The molecule has 3 rings (SSSR count). The van der Waals surface area contributed by atoms with Crippen LogP contribution >= 0.6 is 11.6 Å². The monoisotopic (exact) mass is 342 g/mol. The van der Waals surface area contributed by atoms with E-state index >= 15 is 0 Å². The van der Waals surface area contributed by atoms with Crippen LogP contribution in [-0.4, -0.2) is 36.2 Å². The molecule has 0 aliphatic carbocycles. The summed E-state index contributed by atoms with van der Waals surface area (Å²) in [6, 6.07) is 14.3. The van der Waals surface area contributed by atoms with E-state index in [2.05, 4.69) is 5.32 Å². The minimum absolute atomic E-state index is 0.00915. The molecule has 24 heavy (non-hydrogen) atoms. The van der Waals surface area contributed by atoms with Gasteiger partial charge in [-0.1, -0.05) is 41.9 Å². The zero-order chi connectivity index (χ0) is 17.1. The predicted octanol–water partition coefficient (Wildman–Crippen LogP) is 3.33. The van der Waals surface area contributed by atoms with Gasteiger partial charge in [-0.25, -0.2) is 0 Å². The Labute approximate surface area is 146 Å². The number of Topliss-reactive ketones (excluding diaryl/α,β-unsaturated/α-hetero) is 1. The van der Waals surface area contributed by atoms with E-state index in [1.807, 2.05) is 29.2 Å². The average molecular weight is 343 g/mol. The fourth-order valence-electron chi connectivity index (χ4n) is 2.98. The number of piperazine rings is 1. The molecule has 5 heteroatoms. The molecule has 1 N–H and O–H groups in total. The normalized spacial score (nSPS) is 17.6. The van der Waals surface area contributed by atoms with Crippen molar-refractivity contribution in [2.24, 2.45) is 0 Å². The van der Waals surface area contributed by atoms with Crippen LogP contribution in [-0.2, 0) is 0 Å². The average Bonchev–Trinajstić information content (AvgIpc) is 2.62. The molecule has 124 valence electrons. The van der Waals surface area contributed by atoms with E-state index in [4.69, 9.17) is 11.6 Å². The molecule has 1 heterocycles. The van der Waals surface area contributed by atoms with Crippen LogP contribution in [0.25, 0.3) is 0 Å². The first-order valence-electron chi connectivity index (χ1n) is 7.95. The van der Waals surface area contributed by atoms with E-state index in [-0.39, 0.29) is 17.7 Å². The zero-order valence-electron chi connectivity index (χ0n) is 13.5. The summed E-state index contributed by atoms with van der Waals surface area (Å²) in [7, 11) is 0. The molecule has 1 unspecified atom stereocenters. The fourth-order valence-corrected chi connectivity index (χ4v) is 3.25. The molecular weight excluding hydrogens is 324 g/mol. The molecule has 1 atom stereocenters. The number of carbonyl (C=O) groups is 2. The van der Waals surface area contributed by atoms with Crippen molar-refractivity contribution in [1.82, 2.24) is 10.2 Å². The Balaban J connectivity index is 1.89. The van der Waals surface area contributed by atoms with Crippen molar-refractivity contribution in [3.8, 4) is 0 Å². The van der Waals surface area contributed by atoms with E-state index in [9.17, 15) is 9.59 Å². The number of rotatable bonds is 3. The summed E-state index contributed by atoms with van der Waals surface area (Å²) < 4.78 is 0. The van der Waals surface area contributed by atoms with Crippen LogP contribution in [0.2, 0.25) is 5.02 Å². The highest BCUT2D eigenvalue weighted by Crippen LogP contribution is 2.29. The fraction of sp³-hybridized carbons (Fsp3) is 0.263. The van der Waals surface area contributed by atoms with Crippen molar-refractivity contribution < 1.29 is 9.59 Å². The predicted molar refractivity (Wildman–Crippen MR) is 94.5 cm³/mol. The molecule has 2 aromatic carbocycles. The van der Waals surface area contributed by atoms with Gasteiger partial charge in [0.1, 0.15) is 0 Å². The van der Waals surface area contributed by atoms with Gasteiger partial charge >= 0.3 is 0 Å². The van der Waals surface area contributed by atoms with Crippen molar-refractivity contribution in [2.75, 3.05) is 19.6 Å². The number of carbonyl (C=O) groups excluding carboxylic acids is 2. The number of nitrogens with zero attached hydrogens (tertiary/aromatic N) is 1. The second kappa shape index (κ2) is 7.16. The molecule has 0 radical (unpaired) electrons. The molecule has 1 aliphatic rings. The quantitative estimate of drug-likeness (QED) is 0.870. The number of benzene rings is 2. The Morgan fingerprint density at radius 3 is 2.42 bits per heavy atom. The van der Waals surface area contributed by atoms with Gasteiger partial charge in [0.25, 0.3) is 5.91 Å². The highest BCUT2D eigenvalue weighted by molar-refractivity contribution is 6.31. The summed E-state index contributed by atoms with van der Waals surface area (Å²) in [5.74, 6) is -0.0540. The van der Waals surface area contributed by atoms with E-state index in [1.54, 1.807) is 24.3 Å². The van der Waals surface area contributed by atoms with Crippen molar-refractivity contribution in [3.05, 3.63) is 70.2 Å². The summed E-state index contributed by atoms with van der Waals surface area (Å²) in [5, 5.41) is 3.99. The molecule has 2 aromatic rings. The number of halogens is 1. The second-order valence-electron chi connectivity index (χ2n) is 5.87. The topological polar surface area (TPSA) is 49.4 Å². The highest BCUT2D eigenvalue weighted by Gasteiger charge is 2.29. The maximum Gasteiger partial charge on any atom is 0.254 e. The lowest BCUT2D eigenvalue weighted by Crippen LogP contribution is -2.48. The Kier molecular flexibility index (Phi) is 4.97. The molecule has 0 bridgehead atoms. The molecule has 0 aromatic heterocycles. The van der Waals surface area contributed by atoms with Crippen LogP contribution in [0.15, 0.2) is 48.5 Å². The van der Waals surface area contributed by atoms with Gasteiger partial charge in [-0.3, -0.25) is 9.59 Å². The Morgan fingerprint density at radius 2 is 1.75 bits per heavy atom. The molecule has 1 fully saturated rings. The van der Waals surface area contributed by atoms with Crippen molar-refractivity contribution >= 4 is 23.3 Å². The summed E-state index contributed by atoms with van der Waals surface area (Å²) in [6.45, 7) is 3.54. The van der Waals surface area contributed by atoms with Crippen LogP contribution in [0.1, 0.15) is 39.2 Å². The Morgan fingerprint density at radius 1 is 1.08 bits per heavy atom. The zero-order valence-corrected chi connectivity index (χ0v) is 14.2. The minimum atomic E-state index is -0.104. The lowest BCUT2D eigenvalue weighted by Gasteiger charge is -2.37. The lowest BCUT2D eigenvalue weighted by atomic mass is 10.0. The molecule has 1 saturated heterocycles. The van der Waals surface area contributed by atoms with E-state index in [1.165, 1.54) is 6.92 Å². The number of nitrogens with one attached hydrogen (secondary N) is 1. The third-order valence-electron chi connectivity index (χ3n) is 4.31. The third-order valence-corrected chi connectivity index (χ3v) is 4.65. The van der Waals surface area contributed by atoms with Crippen LogP contribution in [0.5, 0.6) is 0 Å². The first-order valence-corrected chi connectivity index (χ1v) is 8.33. The maximum absolute atomic E-state index is 12.9. The Bertz CT molecular complexity index is 758. The van der Waals surface area contributed by atoms with Crippen LogP contribution in [0.3, 0.4) is 0 Å². The third kappa shape index (κ3) is 3.35. The molecular formula is C19H19ClN2O2. The summed E-state index contributed by atoms with van der Waals surface area (Å²) in [6.07, 6.45) is 0. The number of hydrogen-bond donors (Lipinski definition) is 1. The second-order valence-corrected chi connectivity index (χ2v) is 6.28. The first kappa shape index (κ1) is 16.7. The van der Waals surface area contributed by atoms with Gasteiger partial charge in [0.15, 0.2) is 5.78 Å². The maximum atomic E-state index is 12.9. The number of ketones is 1. The van der Waals surface area contributed by atoms with Crippen LogP contribution < -0.4 is 5.32 Å². The van der Waals surface area contributed by atoms with Gasteiger partial charge in [-0.05, 0) is 30.7 Å². The summed E-state index contributed by atoms with van der Waals surface area (Å²) in [4.78, 5) is 26.2. The Hall–Kier alpha value is -2.17. The van der Waals surface area contributed by atoms with Gasteiger partial charge < -0.3 is 10.2 Å². The molecule has 1 aliphatic heterocycles. The summed E-state index contributed by atoms with van der Waals surface area (Å²) in [5.41, 5.74) is 2.13. The largest absolute Gasteiger partial charge is 0.329 e. The molecule has 0 saturated carbocycles. The van der Waals surface area contributed by atoms with Crippen molar-refractivity contribution in [1.29, 1.82) is 0 Å². The van der Waals surface area contributed by atoms with Gasteiger partial charge in [-0.15, -0.1) is 0 Å². The number of amides is 1. The van der Waals surface area contributed by atoms with Crippen molar-refractivity contribution in [2.45, 2.75) is 13.0 Å². The van der Waals surface area contributed by atoms with Crippen LogP contribution in [0.4, 0.5) is 0 Å². The van der Waals surface area contributed by atoms with E-state index < -0.39 is 0 Å². The molecule has 4 nitrogen and oxygen atoms in total. The summed E-state index contributed by atoms with van der Waals surface area (Å²) >= 11 is 6.33. The van der Waals surface area contributed by atoms with Crippen molar-refractivity contribution in [3.63, 3.8) is 0 Å². The molecule has 1 amide bonds. The number of hydrogen-bond acceptors (Lipinski definition) is 3. The van der Waals surface area contributed by atoms with Gasteiger partial charge in [-0.2, -0.15) is 0 Å². The lowest BCUT2D eigenvalue weighted by molar-refractivity contribution is 0.0634. The van der Waals surface area contributed by atoms with Gasteiger partial charge in [0.05, 0.1) is 6.04 Å². The van der Waals surface area contributed by atoms with E-state index in [0.717, 1.165) is 12.1 Å². The minimum Gasteiger partial charge on any atom is -0.329 e. The van der Waals surface area contributed by atoms with Gasteiger partial charge in [0, 0.05) is 35.8 Å². The van der Waals surface area contributed by atoms with E-state index in [0.29, 0.717) is 29.2 Å². The standard InChI is InChI=1S/C19H19ClN2O2/c1-13(23)14-6-8-15(9-7-14)19(24)22-11-10-21-12-18(22)16-4-2-3-5-17(16)20/h2-9,18,21H,10-12H2,1H3. The first-order chi connectivity index (χ1) is 11.6. The van der Waals surface area contributed by atoms with Gasteiger partial charge in [0.2, 0.25) is 0 Å².